The highest BCUT2D eigenvalue weighted by Gasteiger charge is 2.39. The standard InChI is InChI=1S/C22H32N2O5/c1-21(2,3)28-19(26)17-14-18(25)15(16-11-7-8-13-24(16)17)10-9-12-23-20(27)29-22(4,5)6/h7-8,11,13-16H,9-10,12H2,1-6H3,(H,23,27). The first-order valence-electron chi connectivity index (χ1n) is 9.96. The molecule has 2 aliphatic heterocycles. The Morgan fingerprint density at radius 3 is 2.34 bits per heavy atom. The van der Waals surface area contributed by atoms with Crippen molar-refractivity contribution in [3.63, 3.8) is 0 Å². The number of esters is 1. The Morgan fingerprint density at radius 1 is 1.07 bits per heavy atom. The van der Waals surface area contributed by atoms with Crippen LogP contribution in [0.25, 0.3) is 0 Å². The highest BCUT2D eigenvalue weighted by Crippen LogP contribution is 2.31. The van der Waals surface area contributed by atoms with Gasteiger partial charge >= 0.3 is 12.1 Å². The number of fused-ring (bicyclic) bond motifs is 1. The fraction of sp³-hybridized carbons (Fsp3) is 0.591. The zero-order valence-electron chi connectivity index (χ0n) is 18.2. The zero-order chi connectivity index (χ0) is 21.8. The van der Waals surface area contributed by atoms with Crippen LogP contribution in [0.2, 0.25) is 0 Å². The number of nitrogens with zero attached hydrogens (tertiary/aromatic N) is 1. The number of ketones is 1. The first kappa shape index (κ1) is 22.7. The molecule has 29 heavy (non-hydrogen) atoms. The number of carbonyl (C=O) groups excluding carboxylic acids is 3. The number of hydrogen-bond acceptors (Lipinski definition) is 6. The molecule has 0 aromatic rings. The number of nitrogens with one attached hydrogen (secondary N) is 1. The molecule has 0 saturated heterocycles. The molecule has 0 spiro atoms. The molecular formula is C22H32N2O5. The predicted molar refractivity (Wildman–Crippen MR) is 110 cm³/mol. The Labute approximate surface area is 172 Å². The van der Waals surface area contributed by atoms with Crippen molar-refractivity contribution in [2.24, 2.45) is 5.92 Å². The van der Waals surface area contributed by atoms with E-state index in [1.807, 2.05) is 18.2 Å². The number of hydrogen-bond donors (Lipinski definition) is 1. The summed E-state index contributed by atoms with van der Waals surface area (Å²) in [6.07, 6.45) is 9.50. The van der Waals surface area contributed by atoms with Gasteiger partial charge in [0.25, 0.3) is 0 Å². The first-order valence-corrected chi connectivity index (χ1v) is 9.96. The molecule has 0 bridgehead atoms. The SMILES string of the molecule is CC(C)(C)OC(=O)NCCCC1C(=O)C=C(C(=O)OC(C)(C)C)N2C=CC=CC12. The third-order valence-corrected chi connectivity index (χ3v) is 4.29. The van der Waals surface area contributed by atoms with Crippen LogP contribution in [-0.4, -0.2) is 46.5 Å². The maximum Gasteiger partial charge on any atom is 0.407 e. The van der Waals surface area contributed by atoms with E-state index in [0.29, 0.717) is 19.4 Å². The summed E-state index contributed by atoms with van der Waals surface area (Å²) >= 11 is 0. The molecule has 7 heteroatoms. The van der Waals surface area contributed by atoms with Crippen molar-refractivity contribution in [1.82, 2.24) is 10.2 Å². The van der Waals surface area contributed by atoms with Crippen LogP contribution in [0.1, 0.15) is 54.4 Å². The Morgan fingerprint density at radius 2 is 1.72 bits per heavy atom. The Bertz CT molecular complexity index is 737. The molecule has 0 radical (unpaired) electrons. The lowest BCUT2D eigenvalue weighted by atomic mass is 9.84. The number of alkyl carbamates (subject to hydrolysis) is 1. The summed E-state index contributed by atoms with van der Waals surface area (Å²) in [6, 6.07) is -0.249. The van der Waals surface area contributed by atoms with E-state index >= 15 is 0 Å². The third kappa shape index (κ3) is 6.76. The van der Waals surface area contributed by atoms with Gasteiger partial charge in [-0.2, -0.15) is 0 Å². The molecule has 0 saturated carbocycles. The van der Waals surface area contributed by atoms with Crippen molar-refractivity contribution in [2.75, 3.05) is 6.54 Å². The van der Waals surface area contributed by atoms with E-state index in [1.165, 1.54) is 6.08 Å². The summed E-state index contributed by atoms with van der Waals surface area (Å²) < 4.78 is 10.7. The maximum atomic E-state index is 12.8. The number of carbonyl (C=O) groups is 3. The van der Waals surface area contributed by atoms with E-state index in [0.717, 1.165) is 0 Å². The largest absolute Gasteiger partial charge is 0.455 e. The molecule has 0 aromatic carbocycles. The summed E-state index contributed by atoms with van der Waals surface area (Å²) in [4.78, 5) is 38.9. The Balaban J connectivity index is 2.01. The van der Waals surface area contributed by atoms with Gasteiger partial charge in [0, 0.05) is 24.7 Å². The molecule has 1 N–H and O–H groups in total. The van der Waals surface area contributed by atoms with Crippen molar-refractivity contribution in [3.8, 4) is 0 Å². The summed E-state index contributed by atoms with van der Waals surface area (Å²) in [5.41, 5.74) is -0.944. The van der Waals surface area contributed by atoms with Crippen LogP contribution >= 0.6 is 0 Å². The number of amides is 1. The number of rotatable bonds is 5. The molecule has 7 nitrogen and oxygen atoms in total. The number of allylic oxidation sites excluding steroid dienone is 3. The minimum atomic E-state index is -0.643. The van der Waals surface area contributed by atoms with Crippen LogP contribution in [0.15, 0.2) is 36.2 Å². The second kappa shape index (κ2) is 8.84. The van der Waals surface area contributed by atoms with Crippen LogP contribution < -0.4 is 5.32 Å². The second-order valence-corrected chi connectivity index (χ2v) is 9.24. The molecule has 1 amide bonds. The lowest BCUT2D eigenvalue weighted by molar-refractivity contribution is -0.152. The van der Waals surface area contributed by atoms with Crippen LogP contribution in [0.5, 0.6) is 0 Å². The van der Waals surface area contributed by atoms with Crippen molar-refractivity contribution in [1.29, 1.82) is 0 Å². The van der Waals surface area contributed by atoms with E-state index in [4.69, 9.17) is 9.47 Å². The first-order chi connectivity index (χ1) is 13.4. The van der Waals surface area contributed by atoms with Gasteiger partial charge in [-0.15, -0.1) is 0 Å². The molecule has 2 atom stereocenters. The molecule has 0 aliphatic carbocycles. The number of ether oxygens (including phenoxy) is 2. The topological polar surface area (TPSA) is 84.9 Å². The highest BCUT2D eigenvalue weighted by atomic mass is 16.6. The van der Waals surface area contributed by atoms with Gasteiger partial charge in [-0.25, -0.2) is 9.59 Å². The monoisotopic (exact) mass is 404 g/mol. The average molecular weight is 405 g/mol. The second-order valence-electron chi connectivity index (χ2n) is 9.24. The van der Waals surface area contributed by atoms with Crippen molar-refractivity contribution in [2.45, 2.75) is 71.6 Å². The molecule has 2 rings (SSSR count). The van der Waals surface area contributed by atoms with E-state index in [-0.39, 0.29) is 23.4 Å². The third-order valence-electron chi connectivity index (χ3n) is 4.29. The summed E-state index contributed by atoms with van der Waals surface area (Å²) in [7, 11) is 0. The van der Waals surface area contributed by atoms with Gasteiger partial charge in [0.05, 0.1) is 6.04 Å². The lowest BCUT2D eigenvalue weighted by Gasteiger charge is -2.39. The molecule has 0 fully saturated rings. The smallest absolute Gasteiger partial charge is 0.407 e. The fourth-order valence-electron chi connectivity index (χ4n) is 3.20. The average Bonchev–Trinajstić information content (AvgIpc) is 2.56. The molecule has 2 unspecified atom stereocenters. The molecule has 2 heterocycles. The van der Waals surface area contributed by atoms with Gasteiger partial charge < -0.3 is 19.7 Å². The van der Waals surface area contributed by atoms with Gasteiger partial charge in [-0.3, -0.25) is 4.79 Å². The van der Waals surface area contributed by atoms with Crippen LogP contribution in [0, 0.1) is 5.92 Å². The molecular weight excluding hydrogens is 372 g/mol. The minimum absolute atomic E-state index is 0.107. The summed E-state index contributed by atoms with van der Waals surface area (Å²) in [5.74, 6) is -0.923. The van der Waals surface area contributed by atoms with E-state index < -0.39 is 23.3 Å². The van der Waals surface area contributed by atoms with Gasteiger partial charge in [0.1, 0.15) is 16.9 Å². The molecule has 160 valence electrons. The lowest BCUT2D eigenvalue weighted by Crippen LogP contribution is -2.46. The summed E-state index contributed by atoms with van der Waals surface area (Å²) in [5, 5.41) is 2.71. The van der Waals surface area contributed by atoms with Crippen LogP contribution in [-0.2, 0) is 19.1 Å². The van der Waals surface area contributed by atoms with Crippen molar-refractivity contribution >= 4 is 17.8 Å². The molecule has 2 aliphatic rings. The van der Waals surface area contributed by atoms with Gasteiger partial charge in [-0.05, 0) is 60.5 Å². The Kier molecular flexibility index (Phi) is 6.93. The fourth-order valence-corrected chi connectivity index (χ4v) is 3.20. The molecule has 0 aromatic heterocycles. The predicted octanol–water partition coefficient (Wildman–Crippen LogP) is 3.47. The summed E-state index contributed by atoms with van der Waals surface area (Å²) in [6.45, 7) is 11.2. The van der Waals surface area contributed by atoms with E-state index in [1.54, 1.807) is 52.6 Å². The van der Waals surface area contributed by atoms with E-state index in [9.17, 15) is 14.4 Å². The van der Waals surface area contributed by atoms with Crippen LogP contribution in [0.3, 0.4) is 0 Å². The maximum absolute atomic E-state index is 12.8. The van der Waals surface area contributed by atoms with Gasteiger partial charge in [0.15, 0.2) is 5.78 Å². The van der Waals surface area contributed by atoms with E-state index in [2.05, 4.69) is 5.32 Å². The van der Waals surface area contributed by atoms with Gasteiger partial charge in [-0.1, -0.05) is 12.2 Å². The zero-order valence-corrected chi connectivity index (χ0v) is 18.2. The normalized spacial score (nSPS) is 21.4. The minimum Gasteiger partial charge on any atom is -0.455 e. The highest BCUT2D eigenvalue weighted by molar-refractivity contribution is 6.02. The van der Waals surface area contributed by atoms with Crippen LogP contribution in [0.4, 0.5) is 4.79 Å². The Hall–Kier alpha value is -2.57. The van der Waals surface area contributed by atoms with Crippen molar-refractivity contribution < 1.29 is 23.9 Å². The van der Waals surface area contributed by atoms with Gasteiger partial charge in [0.2, 0.25) is 0 Å². The van der Waals surface area contributed by atoms with Crippen molar-refractivity contribution in [3.05, 3.63) is 36.2 Å². The quantitative estimate of drug-likeness (QED) is 0.558.